The van der Waals surface area contributed by atoms with Crippen LogP contribution in [-0.4, -0.2) is 22.6 Å². The van der Waals surface area contributed by atoms with Crippen LogP contribution in [0.2, 0.25) is 0 Å². The van der Waals surface area contributed by atoms with E-state index in [9.17, 15) is 14.0 Å². The molecule has 7 heteroatoms. The summed E-state index contributed by atoms with van der Waals surface area (Å²) in [6, 6.07) is 15.4. The number of hydrogen-bond donors (Lipinski definition) is 2. The number of nitrogens with one attached hydrogen (secondary N) is 2. The van der Waals surface area contributed by atoms with Crippen molar-refractivity contribution in [3.63, 3.8) is 0 Å². The molecule has 0 unspecified atom stereocenters. The van der Waals surface area contributed by atoms with Gasteiger partial charge in [0.2, 0.25) is 0 Å². The van der Waals surface area contributed by atoms with Crippen molar-refractivity contribution in [3.05, 3.63) is 82.9 Å². The van der Waals surface area contributed by atoms with E-state index in [1.54, 1.807) is 24.3 Å². The molecule has 0 fully saturated rings. The van der Waals surface area contributed by atoms with E-state index in [-0.39, 0.29) is 5.82 Å². The van der Waals surface area contributed by atoms with Crippen molar-refractivity contribution in [2.75, 3.05) is 5.32 Å². The number of carbonyl (C=O) groups excluding carboxylic acids is 2. The largest absolute Gasteiger partial charge is 0.329 e. The molecule has 0 spiro atoms. The molecule has 0 atom stereocenters. The van der Waals surface area contributed by atoms with Crippen molar-refractivity contribution in [1.82, 2.24) is 9.99 Å². The molecule has 160 valence electrons. The fourth-order valence-corrected chi connectivity index (χ4v) is 3.26. The average molecular weight is 420 g/mol. The van der Waals surface area contributed by atoms with Gasteiger partial charge >= 0.3 is 11.8 Å². The van der Waals surface area contributed by atoms with Crippen LogP contribution in [0.25, 0.3) is 5.69 Å². The van der Waals surface area contributed by atoms with Crippen LogP contribution in [-0.2, 0) is 9.59 Å². The van der Waals surface area contributed by atoms with Gasteiger partial charge in [-0.25, -0.2) is 9.82 Å². The summed E-state index contributed by atoms with van der Waals surface area (Å²) in [4.78, 5) is 24.1. The Morgan fingerprint density at radius 2 is 1.65 bits per heavy atom. The SMILES string of the molecule is Cc1cc(/C=N\NC(=O)C(=O)Nc2ccc(C(C)C)cc2)c(C)n1-c1ccc(F)cc1. The summed E-state index contributed by atoms with van der Waals surface area (Å²) in [5.74, 6) is -1.58. The van der Waals surface area contributed by atoms with Crippen LogP contribution in [0.5, 0.6) is 0 Å². The first-order chi connectivity index (χ1) is 14.8. The highest BCUT2D eigenvalue weighted by Gasteiger charge is 2.14. The first kappa shape index (κ1) is 22.0. The smallest absolute Gasteiger partial charge is 0.318 e. The fraction of sp³-hybridized carbons (Fsp3) is 0.208. The third-order valence-corrected chi connectivity index (χ3v) is 4.97. The lowest BCUT2D eigenvalue weighted by Gasteiger charge is -2.09. The maximum Gasteiger partial charge on any atom is 0.329 e. The van der Waals surface area contributed by atoms with Gasteiger partial charge < -0.3 is 9.88 Å². The number of carbonyl (C=O) groups is 2. The summed E-state index contributed by atoms with van der Waals surface area (Å²) in [7, 11) is 0. The molecule has 0 aliphatic carbocycles. The number of hydrogen-bond acceptors (Lipinski definition) is 3. The monoisotopic (exact) mass is 420 g/mol. The number of hydrazone groups is 1. The molecule has 2 N–H and O–H groups in total. The lowest BCUT2D eigenvalue weighted by atomic mass is 10.0. The van der Waals surface area contributed by atoms with Crippen LogP contribution < -0.4 is 10.7 Å². The van der Waals surface area contributed by atoms with E-state index in [4.69, 9.17) is 0 Å². The zero-order chi connectivity index (χ0) is 22.5. The Morgan fingerprint density at radius 3 is 2.26 bits per heavy atom. The molecule has 1 aromatic heterocycles. The van der Waals surface area contributed by atoms with E-state index in [1.807, 2.05) is 36.6 Å². The Bertz CT molecular complexity index is 1110. The number of aromatic nitrogens is 1. The molecule has 3 rings (SSSR count). The van der Waals surface area contributed by atoms with Crippen molar-refractivity contribution >= 4 is 23.7 Å². The highest BCUT2D eigenvalue weighted by atomic mass is 19.1. The molecular weight excluding hydrogens is 395 g/mol. The van der Waals surface area contributed by atoms with E-state index in [1.165, 1.54) is 18.3 Å². The van der Waals surface area contributed by atoms with Crippen molar-refractivity contribution in [1.29, 1.82) is 0 Å². The fourth-order valence-electron chi connectivity index (χ4n) is 3.26. The number of rotatable bonds is 5. The molecule has 1 heterocycles. The molecule has 3 aromatic rings. The van der Waals surface area contributed by atoms with Gasteiger partial charge in [-0.1, -0.05) is 26.0 Å². The lowest BCUT2D eigenvalue weighted by molar-refractivity contribution is -0.136. The van der Waals surface area contributed by atoms with Crippen LogP contribution in [0.1, 0.15) is 42.3 Å². The zero-order valence-electron chi connectivity index (χ0n) is 17.9. The number of halogens is 1. The quantitative estimate of drug-likeness (QED) is 0.364. The topological polar surface area (TPSA) is 75.5 Å². The molecule has 0 bridgehead atoms. The Balaban J connectivity index is 1.63. The summed E-state index contributed by atoms with van der Waals surface area (Å²) >= 11 is 0. The van der Waals surface area contributed by atoms with Gasteiger partial charge in [-0.15, -0.1) is 0 Å². The lowest BCUT2D eigenvalue weighted by Crippen LogP contribution is -2.32. The third kappa shape index (κ3) is 5.25. The third-order valence-electron chi connectivity index (χ3n) is 4.97. The van der Waals surface area contributed by atoms with Gasteiger partial charge in [-0.05, 0) is 67.8 Å². The predicted octanol–water partition coefficient (Wildman–Crippen LogP) is 4.45. The van der Waals surface area contributed by atoms with Gasteiger partial charge in [0.15, 0.2) is 0 Å². The van der Waals surface area contributed by atoms with Crippen molar-refractivity contribution < 1.29 is 14.0 Å². The molecular formula is C24H25FN4O2. The summed E-state index contributed by atoms with van der Waals surface area (Å²) in [5.41, 5.74) is 7.32. The first-order valence-corrected chi connectivity index (χ1v) is 9.95. The second-order valence-electron chi connectivity index (χ2n) is 7.57. The highest BCUT2D eigenvalue weighted by Crippen LogP contribution is 2.20. The van der Waals surface area contributed by atoms with Gasteiger partial charge in [-0.3, -0.25) is 9.59 Å². The summed E-state index contributed by atoms with van der Waals surface area (Å²) in [6.45, 7) is 7.98. The zero-order valence-corrected chi connectivity index (χ0v) is 17.9. The Labute approximate surface area is 180 Å². The second-order valence-corrected chi connectivity index (χ2v) is 7.57. The Hall–Kier alpha value is -3.74. The average Bonchev–Trinajstić information content (AvgIpc) is 3.02. The second kappa shape index (κ2) is 9.38. The van der Waals surface area contributed by atoms with Crippen LogP contribution in [0.15, 0.2) is 59.7 Å². The highest BCUT2D eigenvalue weighted by molar-refractivity contribution is 6.39. The number of benzene rings is 2. The normalized spacial score (nSPS) is 11.2. The number of nitrogens with zero attached hydrogens (tertiary/aromatic N) is 2. The van der Waals surface area contributed by atoms with Crippen molar-refractivity contribution in [2.24, 2.45) is 5.10 Å². The van der Waals surface area contributed by atoms with E-state index in [2.05, 4.69) is 29.7 Å². The Kier molecular flexibility index (Phi) is 6.65. The van der Waals surface area contributed by atoms with E-state index < -0.39 is 11.8 Å². The molecule has 6 nitrogen and oxygen atoms in total. The van der Waals surface area contributed by atoms with Gasteiger partial charge in [0, 0.05) is 28.3 Å². The minimum atomic E-state index is -0.864. The Morgan fingerprint density at radius 1 is 1.00 bits per heavy atom. The van der Waals surface area contributed by atoms with Gasteiger partial charge in [-0.2, -0.15) is 5.10 Å². The molecule has 0 aliphatic rings. The predicted molar refractivity (Wildman–Crippen MR) is 120 cm³/mol. The summed E-state index contributed by atoms with van der Waals surface area (Å²) in [6.07, 6.45) is 1.48. The molecule has 0 aliphatic heterocycles. The number of amides is 2. The number of aryl methyl sites for hydroxylation is 1. The summed E-state index contributed by atoms with van der Waals surface area (Å²) < 4.78 is 15.2. The van der Waals surface area contributed by atoms with Gasteiger partial charge in [0.25, 0.3) is 0 Å². The first-order valence-electron chi connectivity index (χ1n) is 9.95. The van der Waals surface area contributed by atoms with Gasteiger partial charge in [0.1, 0.15) is 5.82 Å². The molecule has 2 aromatic carbocycles. The van der Waals surface area contributed by atoms with E-state index >= 15 is 0 Å². The molecule has 0 saturated carbocycles. The van der Waals surface area contributed by atoms with E-state index in [0.29, 0.717) is 11.6 Å². The van der Waals surface area contributed by atoms with Crippen molar-refractivity contribution in [2.45, 2.75) is 33.6 Å². The molecule has 31 heavy (non-hydrogen) atoms. The van der Waals surface area contributed by atoms with Crippen LogP contribution in [0.4, 0.5) is 10.1 Å². The summed E-state index contributed by atoms with van der Waals surface area (Å²) in [5, 5.41) is 6.45. The molecule has 2 amide bonds. The molecule has 0 radical (unpaired) electrons. The standard InChI is InChI=1S/C24H25FN4O2/c1-15(2)18-5-9-21(10-6-18)27-23(30)24(31)28-26-14-19-13-16(3)29(17(19)4)22-11-7-20(25)8-12-22/h5-15H,1-4H3,(H,27,30)(H,28,31)/b26-14-. The van der Waals surface area contributed by atoms with Gasteiger partial charge in [0.05, 0.1) is 6.21 Å². The van der Waals surface area contributed by atoms with Crippen LogP contribution in [0.3, 0.4) is 0 Å². The number of anilines is 1. The van der Waals surface area contributed by atoms with E-state index in [0.717, 1.165) is 28.2 Å². The molecule has 0 saturated heterocycles. The van der Waals surface area contributed by atoms with Crippen LogP contribution >= 0.6 is 0 Å². The van der Waals surface area contributed by atoms with Crippen LogP contribution in [0, 0.1) is 19.7 Å². The minimum absolute atomic E-state index is 0.301. The maximum atomic E-state index is 13.2. The maximum absolute atomic E-state index is 13.2. The van der Waals surface area contributed by atoms with Crippen molar-refractivity contribution in [3.8, 4) is 5.69 Å². The minimum Gasteiger partial charge on any atom is -0.318 e.